The van der Waals surface area contributed by atoms with Crippen molar-refractivity contribution in [2.75, 3.05) is 13.2 Å². The highest BCUT2D eigenvalue weighted by Crippen LogP contribution is 2.23. The van der Waals surface area contributed by atoms with Crippen LogP contribution in [-0.2, 0) is 14.3 Å². The van der Waals surface area contributed by atoms with Gasteiger partial charge in [-0.25, -0.2) is 0 Å². The van der Waals surface area contributed by atoms with Crippen molar-refractivity contribution in [2.45, 2.75) is 339 Å². The second-order valence-electron chi connectivity index (χ2n) is 22.1. The average Bonchev–Trinajstić information content (AvgIpc) is 3.41. The van der Waals surface area contributed by atoms with E-state index in [1.54, 1.807) is 0 Å². The van der Waals surface area contributed by atoms with Crippen molar-refractivity contribution in [1.29, 1.82) is 0 Å². The van der Waals surface area contributed by atoms with Gasteiger partial charge in [0.05, 0.1) is 25.4 Å². The Morgan fingerprint density at radius 1 is 0.467 bits per heavy atom. The molecule has 0 aromatic carbocycles. The topological polar surface area (TPSA) is 189 Å². The molecule has 11 heteroatoms. The summed E-state index contributed by atoms with van der Waals surface area (Å²) < 4.78 is 11.1. The van der Waals surface area contributed by atoms with E-state index in [0.29, 0.717) is 19.3 Å². The molecular weight excluding hydrogens is 943 g/mol. The van der Waals surface area contributed by atoms with Crippen LogP contribution in [0.15, 0.2) is 48.6 Å². The molecule has 0 aromatic rings. The minimum absolute atomic E-state index is 0.246. The van der Waals surface area contributed by atoms with Crippen LogP contribution in [0, 0.1) is 0 Å². The molecule has 0 saturated carbocycles. The average molecular weight is 1060 g/mol. The Morgan fingerprint density at radius 3 is 1.27 bits per heavy atom. The number of unbranched alkanes of at least 4 members (excludes halogenated alkanes) is 34. The Hall–Kier alpha value is -1.93. The van der Waals surface area contributed by atoms with E-state index in [2.05, 4.69) is 67.8 Å². The zero-order valence-electron chi connectivity index (χ0n) is 48.3. The number of nitrogens with one attached hydrogen (secondary N) is 1. The zero-order valence-corrected chi connectivity index (χ0v) is 48.3. The molecule has 440 valence electrons. The molecule has 1 saturated heterocycles. The summed E-state index contributed by atoms with van der Waals surface area (Å²) >= 11 is 0. The maximum atomic E-state index is 13.2. The van der Waals surface area contributed by atoms with E-state index < -0.39 is 74.2 Å². The number of hydrogen-bond acceptors (Lipinski definition) is 10. The van der Waals surface area contributed by atoms with Crippen molar-refractivity contribution in [3.8, 4) is 0 Å². The first-order chi connectivity index (χ1) is 36.7. The van der Waals surface area contributed by atoms with Gasteiger partial charge in [-0.05, 0) is 83.5 Å². The van der Waals surface area contributed by atoms with Gasteiger partial charge in [-0.2, -0.15) is 0 Å². The highest BCUT2D eigenvalue weighted by molar-refractivity contribution is 5.80. The van der Waals surface area contributed by atoms with Gasteiger partial charge in [-0.15, -0.1) is 0 Å². The number of aliphatic hydroxyl groups is 7. The van der Waals surface area contributed by atoms with Gasteiger partial charge in [0.15, 0.2) is 6.29 Å². The van der Waals surface area contributed by atoms with E-state index >= 15 is 0 Å². The van der Waals surface area contributed by atoms with Gasteiger partial charge >= 0.3 is 0 Å². The Balaban J connectivity index is 2.22. The molecule has 9 unspecified atom stereocenters. The largest absolute Gasteiger partial charge is 0.394 e. The Morgan fingerprint density at radius 2 is 0.840 bits per heavy atom. The molecule has 0 radical (unpaired) electrons. The third-order valence-electron chi connectivity index (χ3n) is 15.1. The summed E-state index contributed by atoms with van der Waals surface area (Å²) in [6, 6.07) is -1.19. The van der Waals surface area contributed by atoms with Gasteiger partial charge in [0.1, 0.15) is 36.6 Å². The number of amides is 1. The normalized spacial score (nSPS) is 20.0. The van der Waals surface area contributed by atoms with Gasteiger partial charge in [0, 0.05) is 0 Å². The molecule has 0 aliphatic carbocycles. The van der Waals surface area contributed by atoms with Crippen molar-refractivity contribution in [1.82, 2.24) is 5.32 Å². The van der Waals surface area contributed by atoms with E-state index in [1.165, 1.54) is 193 Å². The highest BCUT2D eigenvalue weighted by Gasteiger charge is 2.44. The van der Waals surface area contributed by atoms with Gasteiger partial charge in [0.25, 0.3) is 0 Å². The summed E-state index contributed by atoms with van der Waals surface area (Å²) in [6.45, 7) is 3.45. The van der Waals surface area contributed by atoms with Crippen molar-refractivity contribution >= 4 is 5.91 Å². The maximum absolute atomic E-state index is 13.2. The fourth-order valence-corrected chi connectivity index (χ4v) is 9.96. The summed E-state index contributed by atoms with van der Waals surface area (Å²) in [5.41, 5.74) is 0. The van der Waals surface area contributed by atoms with Crippen LogP contribution in [0.1, 0.15) is 284 Å². The van der Waals surface area contributed by atoms with Crippen LogP contribution in [0.2, 0.25) is 0 Å². The fourth-order valence-electron chi connectivity index (χ4n) is 9.96. The molecule has 0 spiro atoms. The second kappa shape index (κ2) is 52.8. The Kier molecular flexibility index (Phi) is 50.0. The summed E-state index contributed by atoms with van der Waals surface area (Å²) in [7, 11) is 0. The van der Waals surface area contributed by atoms with Gasteiger partial charge in [0.2, 0.25) is 5.91 Å². The number of carbonyl (C=O) groups excluding carboxylic acids is 1. The van der Waals surface area contributed by atoms with Crippen LogP contribution in [-0.4, -0.2) is 110 Å². The Bertz CT molecular complexity index is 1360. The number of ether oxygens (including phenoxy) is 2. The first-order valence-electron chi connectivity index (χ1n) is 31.5. The van der Waals surface area contributed by atoms with E-state index in [-0.39, 0.29) is 12.8 Å². The lowest BCUT2D eigenvalue weighted by molar-refractivity contribution is -0.303. The summed E-state index contributed by atoms with van der Waals surface area (Å²) in [4.78, 5) is 13.2. The predicted molar refractivity (Wildman–Crippen MR) is 311 cm³/mol. The summed E-state index contributed by atoms with van der Waals surface area (Å²) in [5, 5.41) is 76.1. The fraction of sp³-hybridized carbons (Fsp3) is 0.859. The molecule has 1 heterocycles. The lowest BCUT2D eigenvalue weighted by Gasteiger charge is -2.40. The molecule has 1 fully saturated rings. The molecule has 75 heavy (non-hydrogen) atoms. The quantitative estimate of drug-likeness (QED) is 0.0215. The van der Waals surface area contributed by atoms with E-state index in [0.717, 1.165) is 44.9 Å². The van der Waals surface area contributed by atoms with Gasteiger partial charge in [-0.1, -0.05) is 249 Å². The summed E-state index contributed by atoms with van der Waals surface area (Å²) in [5.74, 6) is -0.709. The van der Waals surface area contributed by atoms with Crippen LogP contribution in [0.3, 0.4) is 0 Å². The standard InChI is InChI=1S/C64H119NO10/c1-3-5-7-9-11-13-15-17-19-21-22-23-24-25-26-27-28-29-30-31-32-33-34-35-36-38-40-42-44-46-48-50-52-57(68)63(73)65-55(54-74-64-62(72)61(71)60(70)58(53-66)75-64)59(69)56(67)51-49-47-45-43-41-39-37-20-18-16-14-12-10-8-6-4-2/h20,22-23,25-26,37,43,45,55-62,64,66-72H,3-19,21,24,27-36,38-42,44,46-54H2,1-2H3,(H,65,73)/b23-22-,26-25-,37-20+,45-43+. The van der Waals surface area contributed by atoms with E-state index in [4.69, 9.17) is 9.47 Å². The second-order valence-corrected chi connectivity index (χ2v) is 22.1. The van der Waals surface area contributed by atoms with Crippen LogP contribution in [0.4, 0.5) is 0 Å². The van der Waals surface area contributed by atoms with Crippen LogP contribution in [0.25, 0.3) is 0 Å². The highest BCUT2D eigenvalue weighted by atomic mass is 16.7. The van der Waals surface area contributed by atoms with Crippen molar-refractivity contribution in [3.63, 3.8) is 0 Å². The number of carbonyl (C=O) groups is 1. The monoisotopic (exact) mass is 1060 g/mol. The molecule has 8 N–H and O–H groups in total. The maximum Gasteiger partial charge on any atom is 0.249 e. The lowest BCUT2D eigenvalue weighted by Crippen LogP contribution is -2.60. The predicted octanol–water partition coefficient (Wildman–Crippen LogP) is 14.0. The van der Waals surface area contributed by atoms with Crippen molar-refractivity contribution in [3.05, 3.63) is 48.6 Å². The van der Waals surface area contributed by atoms with Crippen LogP contribution >= 0.6 is 0 Å². The first-order valence-corrected chi connectivity index (χ1v) is 31.5. The number of hydrogen-bond donors (Lipinski definition) is 8. The SMILES string of the molecule is CCCCCCCCC/C=C/CC/C=C/CCCC(O)C(O)C(COC1OC(CO)C(O)C(O)C1O)NC(=O)C(O)CCCCCCCCCCCCCCCCCC/C=C\C/C=C\CCCCCCCCCCC. The molecule has 0 aromatic heterocycles. The first kappa shape index (κ1) is 71.1. The lowest BCUT2D eigenvalue weighted by atomic mass is 9.98. The smallest absolute Gasteiger partial charge is 0.249 e. The van der Waals surface area contributed by atoms with Gasteiger partial charge < -0.3 is 50.5 Å². The van der Waals surface area contributed by atoms with Gasteiger partial charge in [-0.3, -0.25) is 4.79 Å². The minimum atomic E-state index is -1.67. The number of aliphatic hydroxyl groups excluding tert-OH is 7. The molecule has 1 aliphatic heterocycles. The molecule has 1 amide bonds. The van der Waals surface area contributed by atoms with E-state index in [1.807, 2.05) is 0 Å². The third kappa shape index (κ3) is 40.9. The minimum Gasteiger partial charge on any atom is -0.394 e. The molecule has 1 aliphatic rings. The van der Waals surface area contributed by atoms with E-state index in [9.17, 15) is 40.5 Å². The summed E-state index contributed by atoms with van der Waals surface area (Å²) in [6.07, 6.45) is 56.1. The molecule has 9 atom stereocenters. The molecule has 11 nitrogen and oxygen atoms in total. The number of rotatable bonds is 54. The zero-order chi connectivity index (χ0) is 54.7. The van der Waals surface area contributed by atoms with Crippen LogP contribution in [0.5, 0.6) is 0 Å². The number of allylic oxidation sites excluding steroid dienone is 8. The third-order valence-corrected chi connectivity index (χ3v) is 15.1. The molecular formula is C64H119NO10. The van der Waals surface area contributed by atoms with Crippen LogP contribution < -0.4 is 5.32 Å². The Labute approximate surface area is 459 Å². The molecule has 0 bridgehead atoms. The van der Waals surface area contributed by atoms with Crippen molar-refractivity contribution < 1.29 is 50.0 Å². The van der Waals surface area contributed by atoms with Crippen molar-refractivity contribution in [2.24, 2.45) is 0 Å². The molecule has 1 rings (SSSR count).